The zero-order valence-electron chi connectivity index (χ0n) is 6.30. The third-order valence-corrected chi connectivity index (χ3v) is 1.33. The Morgan fingerprint density at radius 3 is 2.40 bits per heavy atom. The third-order valence-electron chi connectivity index (χ3n) is 1.33. The molecule has 0 heterocycles. The van der Waals surface area contributed by atoms with Crippen molar-refractivity contribution in [2.45, 2.75) is 19.8 Å². The summed E-state index contributed by atoms with van der Waals surface area (Å²) in [5.41, 5.74) is 1.41. The van der Waals surface area contributed by atoms with Crippen LogP contribution in [0.15, 0.2) is 24.3 Å². The molecule has 0 amide bonds. The number of rotatable bonds is 2. The molecule has 1 aromatic rings. The van der Waals surface area contributed by atoms with Gasteiger partial charge in [-0.3, -0.25) is 0 Å². The van der Waals surface area contributed by atoms with Crippen LogP contribution in [0.3, 0.4) is 0 Å². The smallest absolute Gasteiger partial charge is 0.184 e. The van der Waals surface area contributed by atoms with Gasteiger partial charge in [-0.15, -0.1) is 0 Å². The molecule has 0 fully saturated rings. The molecule has 0 N–H and O–H groups in total. The third kappa shape index (κ3) is 3.48. The van der Waals surface area contributed by atoms with Gasteiger partial charge < -0.3 is 0 Å². The summed E-state index contributed by atoms with van der Waals surface area (Å²) in [7, 11) is 0. The minimum atomic E-state index is 0. The molecule has 0 atom stereocenters. The molecule has 0 aliphatic heterocycles. The summed E-state index contributed by atoms with van der Waals surface area (Å²) in [4.78, 5) is 0. The maximum Gasteiger partial charge on any atom is 3.00 e. The molecule has 0 unspecified atom stereocenters. The van der Waals surface area contributed by atoms with Crippen molar-refractivity contribution < 1.29 is 32.7 Å². The second-order valence-electron chi connectivity index (χ2n) is 2.16. The minimum Gasteiger partial charge on any atom is -0.184 e. The van der Waals surface area contributed by atoms with E-state index in [1.54, 1.807) is 0 Å². The number of hydrogen-bond acceptors (Lipinski definition) is 0. The maximum absolute atomic E-state index is 2.99. The summed E-state index contributed by atoms with van der Waals surface area (Å²) in [5.74, 6) is 0. The summed E-state index contributed by atoms with van der Waals surface area (Å²) < 4.78 is 0. The monoisotopic (exact) mass is 208 g/mol. The van der Waals surface area contributed by atoms with E-state index >= 15 is 0 Å². The van der Waals surface area contributed by atoms with Gasteiger partial charge in [0.05, 0.1) is 0 Å². The second-order valence-corrected chi connectivity index (χ2v) is 2.16. The molecule has 0 saturated heterocycles. The normalized spacial score (nSPS) is 8.50. The van der Waals surface area contributed by atoms with Crippen LogP contribution in [0, 0.1) is 6.07 Å². The van der Waals surface area contributed by atoms with Crippen LogP contribution in [0.1, 0.15) is 18.9 Å². The molecular formula is C9H11Y+2. The average molecular weight is 208 g/mol. The molecule has 0 nitrogen and oxygen atoms in total. The van der Waals surface area contributed by atoms with Gasteiger partial charge in [0.2, 0.25) is 0 Å². The predicted molar refractivity (Wildman–Crippen MR) is 39.3 cm³/mol. The zero-order chi connectivity index (χ0) is 6.53. The van der Waals surface area contributed by atoms with E-state index in [4.69, 9.17) is 0 Å². The summed E-state index contributed by atoms with van der Waals surface area (Å²) in [6, 6.07) is 11.1. The molecule has 0 aromatic heterocycles. The summed E-state index contributed by atoms with van der Waals surface area (Å²) in [5, 5.41) is 0. The van der Waals surface area contributed by atoms with E-state index in [-0.39, 0.29) is 32.7 Å². The standard InChI is InChI=1S/C9H11.Y/c1-2-6-9-7-4-3-5-8-9;/h4-5,7-8H,2,6H2,1H3;/q-1;+3. The van der Waals surface area contributed by atoms with Gasteiger partial charge in [0.25, 0.3) is 0 Å². The van der Waals surface area contributed by atoms with Crippen molar-refractivity contribution in [3.8, 4) is 0 Å². The van der Waals surface area contributed by atoms with Gasteiger partial charge in [-0.2, -0.15) is 35.9 Å². The van der Waals surface area contributed by atoms with E-state index in [1.165, 1.54) is 18.4 Å². The molecule has 48 valence electrons. The molecule has 10 heavy (non-hydrogen) atoms. The van der Waals surface area contributed by atoms with Crippen molar-refractivity contribution in [2.75, 3.05) is 0 Å². The fourth-order valence-electron chi connectivity index (χ4n) is 0.877. The summed E-state index contributed by atoms with van der Waals surface area (Å²) >= 11 is 0. The van der Waals surface area contributed by atoms with Crippen LogP contribution in [0.4, 0.5) is 0 Å². The Morgan fingerprint density at radius 1 is 1.30 bits per heavy atom. The Bertz CT molecular complexity index is 158. The van der Waals surface area contributed by atoms with E-state index in [9.17, 15) is 0 Å². The van der Waals surface area contributed by atoms with Gasteiger partial charge in [-0.1, -0.05) is 19.8 Å². The molecule has 0 aliphatic carbocycles. The van der Waals surface area contributed by atoms with Gasteiger partial charge in [0.1, 0.15) is 0 Å². The first-order valence-electron chi connectivity index (χ1n) is 3.38. The topological polar surface area (TPSA) is 0 Å². The fraction of sp³-hybridized carbons (Fsp3) is 0.333. The molecule has 1 rings (SSSR count). The van der Waals surface area contributed by atoms with Crippen LogP contribution in [0.25, 0.3) is 0 Å². The fourth-order valence-corrected chi connectivity index (χ4v) is 0.877. The first-order valence-corrected chi connectivity index (χ1v) is 3.38. The molecule has 1 heteroatoms. The Morgan fingerprint density at radius 2 is 1.90 bits per heavy atom. The van der Waals surface area contributed by atoms with Crippen molar-refractivity contribution in [2.24, 2.45) is 0 Å². The first-order chi connectivity index (χ1) is 4.43. The van der Waals surface area contributed by atoms with Crippen LogP contribution in [-0.2, 0) is 39.1 Å². The van der Waals surface area contributed by atoms with Crippen molar-refractivity contribution in [3.63, 3.8) is 0 Å². The van der Waals surface area contributed by atoms with Gasteiger partial charge in [-0.25, -0.2) is 0 Å². The Kier molecular flexibility index (Phi) is 6.26. The van der Waals surface area contributed by atoms with Crippen molar-refractivity contribution in [1.29, 1.82) is 0 Å². The van der Waals surface area contributed by atoms with E-state index in [1.807, 2.05) is 12.1 Å². The quantitative estimate of drug-likeness (QED) is 0.655. The molecule has 0 aliphatic rings. The molecule has 1 aromatic carbocycles. The van der Waals surface area contributed by atoms with Gasteiger partial charge >= 0.3 is 32.7 Å². The first kappa shape index (κ1) is 10.3. The molecule has 0 saturated carbocycles. The SMILES string of the molecule is CCCc1cc[c-]cc1.[Y+3]. The van der Waals surface area contributed by atoms with E-state index in [0.717, 1.165) is 0 Å². The van der Waals surface area contributed by atoms with E-state index < -0.39 is 0 Å². The van der Waals surface area contributed by atoms with Crippen molar-refractivity contribution in [1.82, 2.24) is 0 Å². The molecular weight excluding hydrogens is 197 g/mol. The van der Waals surface area contributed by atoms with Crippen molar-refractivity contribution >= 4 is 0 Å². The Labute approximate surface area is 87.9 Å². The molecule has 0 bridgehead atoms. The van der Waals surface area contributed by atoms with Gasteiger partial charge in [0.15, 0.2) is 0 Å². The second kappa shape index (κ2) is 6.06. The Balaban J connectivity index is 0.000000810. The van der Waals surface area contributed by atoms with Crippen LogP contribution >= 0.6 is 0 Å². The van der Waals surface area contributed by atoms with Crippen LogP contribution in [-0.4, -0.2) is 0 Å². The molecule has 0 radical (unpaired) electrons. The summed E-state index contributed by atoms with van der Waals surface area (Å²) in [6.07, 6.45) is 2.42. The summed E-state index contributed by atoms with van der Waals surface area (Å²) in [6.45, 7) is 2.19. The van der Waals surface area contributed by atoms with Gasteiger partial charge in [0, 0.05) is 0 Å². The minimum absolute atomic E-state index is 0. The number of aryl methyl sites for hydroxylation is 1. The van der Waals surface area contributed by atoms with Crippen LogP contribution in [0.2, 0.25) is 0 Å². The largest absolute Gasteiger partial charge is 3.00 e. The van der Waals surface area contributed by atoms with Crippen molar-refractivity contribution in [3.05, 3.63) is 35.9 Å². The predicted octanol–water partition coefficient (Wildman–Crippen LogP) is 2.44. The zero-order valence-corrected chi connectivity index (χ0v) is 9.14. The average Bonchev–Trinajstić information content (AvgIpc) is 1.91. The number of hydrogen-bond donors (Lipinski definition) is 0. The van der Waals surface area contributed by atoms with E-state index in [0.29, 0.717) is 0 Å². The van der Waals surface area contributed by atoms with Crippen LogP contribution in [0.5, 0.6) is 0 Å². The van der Waals surface area contributed by atoms with Crippen LogP contribution < -0.4 is 0 Å². The molecule has 0 spiro atoms. The maximum atomic E-state index is 2.99. The van der Waals surface area contributed by atoms with Gasteiger partial charge in [-0.05, 0) is 0 Å². The number of benzene rings is 1. The Hall–Kier alpha value is 0.324. The van der Waals surface area contributed by atoms with E-state index in [2.05, 4.69) is 25.1 Å².